The highest BCUT2D eigenvalue weighted by Crippen LogP contribution is 2.09. The molecule has 0 unspecified atom stereocenters. The minimum Gasteiger partial charge on any atom is -0.376 e. The summed E-state index contributed by atoms with van der Waals surface area (Å²) in [6.45, 7) is 5.20. The van der Waals surface area contributed by atoms with Gasteiger partial charge in [0, 0.05) is 19.3 Å². The van der Waals surface area contributed by atoms with Gasteiger partial charge in [-0.2, -0.15) is 0 Å². The first-order valence-electron chi connectivity index (χ1n) is 5.74. The maximum absolute atomic E-state index is 11.5. The molecule has 3 nitrogen and oxygen atoms in total. The molecule has 1 amide bonds. The molecule has 1 aromatic carbocycles. The van der Waals surface area contributed by atoms with E-state index in [1.54, 1.807) is 4.90 Å². The lowest BCUT2D eigenvalue weighted by molar-refractivity contribution is -0.127. The summed E-state index contributed by atoms with van der Waals surface area (Å²) < 4.78 is 0. The minimum atomic E-state index is 0.113. The van der Waals surface area contributed by atoms with E-state index in [9.17, 15) is 4.79 Å². The Morgan fingerprint density at radius 3 is 2.38 bits per heavy atom. The molecule has 16 heavy (non-hydrogen) atoms. The molecule has 0 heterocycles. The van der Waals surface area contributed by atoms with Gasteiger partial charge >= 0.3 is 0 Å². The second-order valence-electron chi connectivity index (χ2n) is 3.81. The van der Waals surface area contributed by atoms with Gasteiger partial charge < -0.3 is 10.2 Å². The molecule has 0 saturated heterocycles. The van der Waals surface area contributed by atoms with E-state index in [0.29, 0.717) is 6.54 Å². The number of nitrogens with zero attached hydrogens (tertiary/aromatic N) is 1. The second-order valence-corrected chi connectivity index (χ2v) is 3.81. The van der Waals surface area contributed by atoms with Crippen LogP contribution in [0.5, 0.6) is 0 Å². The fourth-order valence-corrected chi connectivity index (χ4v) is 1.35. The number of benzene rings is 1. The van der Waals surface area contributed by atoms with Gasteiger partial charge in [-0.3, -0.25) is 4.79 Å². The highest BCUT2D eigenvalue weighted by atomic mass is 16.2. The first-order chi connectivity index (χ1) is 7.67. The maximum atomic E-state index is 11.5. The topological polar surface area (TPSA) is 32.3 Å². The van der Waals surface area contributed by atoms with E-state index >= 15 is 0 Å². The summed E-state index contributed by atoms with van der Waals surface area (Å²) in [5, 5.41) is 3.12. The molecule has 3 heteroatoms. The van der Waals surface area contributed by atoms with Crippen molar-refractivity contribution in [3.05, 3.63) is 29.8 Å². The Hall–Kier alpha value is -1.51. The Kier molecular flexibility index (Phi) is 4.83. The van der Waals surface area contributed by atoms with Crippen molar-refractivity contribution < 1.29 is 4.79 Å². The van der Waals surface area contributed by atoms with Crippen molar-refractivity contribution in [1.82, 2.24) is 4.90 Å². The van der Waals surface area contributed by atoms with Crippen LogP contribution in [-0.4, -0.2) is 30.9 Å². The fourth-order valence-electron chi connectivity index (χ4n) is 1.35. The maximum Gasteiger partial charge on any atom is 0.241 e. The van der Waals surface area contributed by atoms with Crippen LogP contribution in [0.15, 0.2) is 24.3 Å². The smallest absolute Gasteiger partial charge is 0.241 e. The molecule has 0 bridgehead atoms. The fraction of sp³-hybridized carbons (Fsp3) is 0.462. The van der Waals surface area contributed by atoms with Crippen LogP contribution in [-0.2, 0) is 11.2 Å². The molecular formula is C13H20N2O. The number of anilines is 1. The number of aryl methyl sites for hydroxylation is 1. The van der Waals surface area contributed by atoms with E-state index in [1.165, 1.54) is 5.56 Å². The van der Waals surface area contributed by atoms with Gasteiger partial charge in [0.1, 0.15) is 0 Å². The normalized spacial score (nSPS) is 9.94. The van der Waals surface area contributed by atoms with Gasteiger partial charge in [0.05, 0.1) is 6.54 Å². The van der Waals surface area contributed by atoms with Crippen LogP contribution >= 0.6 is 0 Å². The molecule has 0 saturated carbocycles. The highest BCUT2D eigenvalue weighted by Gasteiger charge is 2.05. The van der Waals surface area contributed by atoms with Crippen molar-refractivity contribution in [3.8, 4) is 0 Å². The Balaban J connectivity index is 2.45. The molecule has 88 valence electrons. The van der Waals surface area contributed by atoms with Gasteiger partial charge in [-0.25, -0.2) is 0 Å². The van der Waals surface area contributed by atoms with Crippen LogP contribution in [0.25, 0.3) is 0 Å². The largest absolute Gasteiger partial charge is 0.376 e. The number of likely N-dealkylation sites (N-methyl/N-ethyl adjacent to an activating group) is 1. The highest BCUT2D eigenvalue weighted by molar-refractivity contribution is 5.80. The molecule has 0 aliphatic carbocycles. The number of hydrogen-bond donors (Lipinski definition) is 1. The summed E-state index contributed by atoms with van der Waals surface area (Å²) in [5.41, 5.74) is 2.30. The molecule has 0 atom stereocenters. The molecule has 1 N–H and O–H groups in total. The van der Waals surface area contributed by atoms with E-state index in [4.69, 9.17) is 0 Å². The van der Waals surface area contributed by atoms with Crippen molar-refractivity contribution in [1.29, 1.82) is 0 Å². The lowest BCUT2D eigenvalue weighted by Crippen LogP contribution is -2.31. The summed E-state index contributed by atoms with van der Waals surface area (Å²) in [5.74, 6) is 0.113. The molecule has 0 aliphatic rings. The molecule has 1 rings (SSSR count). The van der Waals surface area contributed by atoms with E-state index in [-0.39, 0.29) is 5.91 Å². The third-order valence-electron chi connectivity index (χ3n) is 2.71. The van der Waals surface area contributed by atoms with Gasteiger partial charge in [0.25, 0.3) is 0 Å². The Labute approximate surface area is 97.5 Å². The summed E-state index contributed by atoms with van der Waals surface area (Å²) in [4.78, 5) is 13.2. The van der Waals surface area contributed by atoms with Gasteiger partial charge in [0.15, 0.2) is 0 Å². The minimum absolute atomic E-state index is 0.113. The standard InChI is InChI=1S/C13H20N2O/c1-4-11-6-8-12(9-7-11)14-10-13(16)15(3)5-2/h6-9,14H,4-5,10H2,1-3H3. The van der Waals surface area contributed by atoms with E-state index < -0.39 is 0 Å². The van der Waals surface area contributed by atoms with E-state index in [2.05, 4.69) is 24.4 Å². The van der Waals surface area contributed by atoms with Gasteiger partial charge in [-0.15, -0.1) is 0 Å². The van der Waals surface area contributed by atoms with Crippen molar-refractivity contribution in [2.45, 2.75) is 20.3 Å². The van der Waals surface area contributed by atoms with Crippen LogP contribution in [0.4, 0.5) is 5.69 Å². The van der Waals surface area contributed by atoms with Gasteiger partial charge in [-0.05, 0) is 31.0 Å². The molecule has 0 fully saturated rings. The number of rotatable bonds is 5. The van der Waals surface area contributed by atoms with Crippen LogP contribution in [0, 0.1) is 0 Å². The SMILES string of the molecule is CCc1ccc(NCC(=O)N(C)CC)cc1. The Morgan fingerprint density at radius 1 is 1.25 bits per heavy atom. The van der Waals surface area contributed by atoms with Gasteiger partial charge in [-0.1, -0.05) is 19.1 Å². The summed E-state index contributed by atoms with van der Waals surface area (Å²) in [6.07, 6.45) is 1.04. The first-order valence-corrected chi connectivity index (χ1v) is 5.74. The molecule has 0 spiro atoms. The number of carbonyl (C=O) groups excluding carboxylic acids is 1. The summed E-state index contributed by atoms with van der Waals surface area (Å²) in [7, 11) is 1.81. The zero-order chi connectivity index (χ0) is 12.0. The van der Waals surface area contributed by atoms with Crippen molar-refractivity contribution >= 4 is 11.6 Å². The molecule has 0 aromatic heterocycles. The lowest BCUT2D eigenvalue weighted by Gasteiger charge is -2.15. The molecular weight excluding hydrogens is 200 g/mol. The van der Waals surface area contributed by atoms with Crippen molar-refractivity contribution in [3.63, 3.8) is 0 Å². The number of hydrogen-bond acceptors (Lipinski definition) is 2. The third-order valence-corrected chi connectivity index (χ3v) is 2.71. The molecule has 0 radical (unpaired) electrons. The Bertz CT molecular complexity index is 332. The van der Waals surface area contributed by atoms with Crippen molar-refractivity contribution in [2.75, 3.05) is 25.5 Å². The van der Waals surface area contributed by atoms with Crippen molar-refractivity contribution in [2.24, 2.45) is 0 Å². The quantitative estimate of drug-likeness (QED) is 0.824. The summed E-state index contributed by atoms with van der Waals surface area (Å²) >= 11 is 0. The first kappa shape index (κ1) is 12.6. The van der Waals surface area contributed by atoms with Crippen LogP contribution in [0.2, 0.25) is 0 Å². The zero-order valence-corrected chi connectivity index (χ0v) is 10.3. The predicted octanol–water partition coefficient (Wildman–Crippen LogP) is 2.14. The lowest BCUT2D eigenvalue weighted by atomic mass is 10.1. The van der Waals surface area contributed by atoms with Crippen LogP contribution in [0.1, 0.15) is 19.4 Å². The number of nitrogens with one attached hydrogen (secondary N) is 1. The third kappa shape index (κ3) is 3.57. The van der Waals surface area contributed by atoms with E-state index in [0.717, 1.165) is 18.7 Å². The Morgan fingerprint density at radius 2 is 1.88 bits per heavy atom. The van der Waals surface area contributed by atoms with Gasteiger partial charge in [0.2, 0.25) is 5.91 Å². The molecule has 1 aromatic rings. The van der Waals surface area contributed by atoms with E-state index in [1.807, 2.05) is 26.1 Å². The zero-order valence-electron chi connectivity index (χ0n) is 10.3. The average Bonchev–Trinajstić information content (AvgIpc) is 2.35. The predicted molar refractivity (Wildman–Crippen MR) is 67.6 cm³/mol. The monoisotopic (exact) mass is 220 g/mol. The number of carbonyl (C=O) groups is 1. The second kappa shape index (κ2) is 6.16. The summed E-state index contributed by atoms with van der Waals surface area (Å²) in [6, 6.07) is 8.18. The number of amides is 1. The average molecular weight is 220 g/mol. The van der Waals surface area contributed by atoms with Crippen LogP contribution < -0.4 is 5.32 Å². The molecule has 0 aliphatic heterocycles. The van der Waals surface area contributed by atoms with Crippen LogP contribution in [0.3, 0.4) is 0 Å².